The third-order valence-electron chi connectivity index (χ3n) is 9.83. The van der Waals surface area contributed by atoms with Gasteiger partial charge in [-0.25, -0.2) is 4.79 Å². The molecule has 0 amide bonds. The molecule has 4 saturated carbocycles. The lowest BCUT2D eigenvalue weighted by molar-refractivity contribution is -0.308. The van der Waals surface area contributed by atoms with Crippen LogP contribution in [-0.4, -0.2) is 63.2 Å². The van der Waals surface area contributed by atoms with Crippen molar-refractivity contribution in [2.75, 3.05) is 0 Å². The number of rotatable bonds is 3. The molecule has 0 aromatic heterocycles. The van der Waals surface area contributed by atoms with E-state index in [4.69, 9.17) is 9.47 Å². The number of hydrogen-bond donors (Lipinski definition) is 4. The molecule has 31 heavy (non-hydrogen) atoms. The summed E-state index contributed by atoms with van der Waals surface area (Å²) in [6.07, 6.45) is 4.69. The number of hydrogen-bond acceptors (Lipinski definition) is 6. The SMILES string of the molecule is C[C@@]12CCC[C@H]1[C@@H]1CCC3CC(OC4O[C@H](C(=O)O)[C@@H](O)[C@H](O)[C@H]4O)CC[C@@H]3[C@H]1CC2. The summed E-state index contributed by atoms with van der Waals surface area (Å²) >= 11 is 0. The molecular weight excluding hydrogens is 400 g/mol. The molecule has 3 unspecified atom stereocenters. The first-order chi connectivity index (χ1) is 14.8. The van der Waals surface area contributed by atoms with Crippen LogP contribution in [0, 0.1) is 35.0 Å². The van der Waals surface area contributed by atoms with Gasteiger partial charge in [-0.2, -0.15) is 0 Å². The second kappa shape index (κ2) is 8.24. The molecule has 5 aliphatic rings. The summed E-state index contributed by atoms with van der Waals surface area (Å²) < 4.78 is 11.4. The fraction of sp³-hybridized carbons (Fsp3) is 0.958. The molecule has 0 radical (unpaired) electrons. The fourth-order valence-electron chi connectivity index (χ4n) is 8.28. The first-order valence-electron chi connectivity index (χ1n) is 12.4. The number of aliphatic hydroxyl groups is 3. The third kappa shape index (κ3) is 3.74. The van der Waals surface area contributed by atoms with Crippen molar-refractivity contribution in [2.24, 2.45) is 35.0 Å². The molecule has 5 fully saturated rings. The first kappa shape index (κ1) is 22.1. The van der Waals surface area contributed by atoms with E-state index in [0.29, 0.717) is 11.3 Å². The maximum absolute atomic E-state index is 11.3. The van der Waals surface area contributed by atoms with Gasteiger partial charge in [0.25, 0.3) is 0 Å². The number of carboxylic acid groups (broad SMARTS) is 1. The molecule has 12 atom stereocenters. The summed E-state index contributed by atoms with van der Waals surface area (Å²) in [5, 5.41) is 39.5. The topological polar surface area (TPSA) is 116 Å². The van der Waals surface area contributed by atoms with Crippen LogP contribution in [0.1, 0.15) is 71.1 Å². The monoisotopic (exact) mass is 438 g/mol. The molecule has 0 spiro atoms. The third-order valence-corrected chi connectivity index (χ3v) is 9.83. The standard InChI is InChI=1S/C24H38O7/c1-24-9-2-3-17(24)16-6-4-12-11-13(5-7-14(12)15(16)8-10-24)30-23-20(27)18(25)19(26)21(31-23)22(28)29/h12-21,23,25-27H,2-11H2,1H3,(H,28,29)/t12?,13?,14-,15+,16+,17-,18-,19-,20+,21-,23?,24-/m0/s1. The van der Waals surface area contributed by atoms with Crippen molar-refractivity contribution in [1.82, 2.24) is 0 Å². The molecule has 4 aliphatic carbocycles. The van der Waals surface area contributed by atoms with Crippen LogP contribution >= 0.6 is 0 Å². The number of fused-ring (bicyclic) bond motifs is 5. The number of carbonyl (C=O) groups is 1. The van der Waals surface area contributed by atoms with Crippen molar-refractivity contribution in [3.05, 3.63) is 0 Å². The Morgan fingerprint density at radius 1 is 0.903 bits per heavy atom. The second-order valence-electron chi connectivity index (χ2n) is 11.3. The Bertz CT molecular complexity index is 685. The lowest BCUT2D eigenvalue weighted by atomic mass is 9.50. The fourth-order valence-corrected chi connectivity index (χ4v) is 8.28. The average molecular weight is 439 g/mol. The molecule has 0 aromatic carbocycles. The Labute approximate surface area is 184 Å². The van der Waals surface area contributed by atoms with Crippen LogP contribution in [0.2, 0.25) is 0 Å². The Morgan fingerprint density at radius 3 is 2.45 bits per heavy atom. The Kier molecular flexibility index (Phi) is 5.87. The van der Waals surface area contributed by atoms with Gasteiger partial charge in [0.05, 0.1) is 6.10 Å². The van der Waals surface area contributed by atoms with Gasteiger partial charge in [-0.05, 0) is 92.8 Å². The van der Waals surface area contributed by atoms with Gasteiger partial charge in [0.15, 0.2) is 12.4 Å². The molecule has 176 valence electrons. The van der Waals surface area contributed by atoms with Gasteiger partial charge in [-0.1, -0.05) is 13.3 Å². The van der Waals surface area contributed by atoms with Gasteiger partial charge in [0.1, 0.15) is 18.3 Å². The van der Waals surface area contributed by atoms with E-state index in [0.717, 1.165) is 42.9 Å². The van der Waals surface area contributed by atoms with Crippen LogP contribution in [0.25, 0.3) is 0 Å². The number of ether oxygens (including phenoxy) is 2. The van der Waals surface area contributed by atoms with Gasteiger partial charge in [0.2, 0.25) is 0 Å². The smallest absolute Gasteiger partial charge is 0.335 e. The molecule has 7 heteroatoms. The normalized spacial score (nSPS) is 54.5. The minimum Gasteiger partial charge on any atom is -0.479 e. The summed E-state index contributed by atoms with van der Waals surface area (Å²) in [7, 11) is 0. The zero-order chi connectivity index (χ0) is 21.9. The lowest BCUT2D eigenvalue weighted by Gasteiger charge is -2.55. The summed E-state index contributed by atoms with van der Waals surface area (Å²) in [5.41, 5.74) is 0.578. The molecular formula is C24H38O7. The molecule has 1 heterocycles. The summed E-state index contributed by atoms with van der Waals surface area (Å²) in [6.45, 7) is 2.53. The van der Waals surface area contributed by atoms with Gasteiger partial charge in [-0.3, -0.25) is 0 Å². The predicted molar refractivity (Wildman–Crippen MR) is 111 cm³/mol. The van der Waals surface area contributed by atoms with E-state index in [1.807, 2.05) is 0 Å². The highest BCUT2D eigenvalue weighted by Gasteiger charge is 2.54. The van der Waals surface area contributed by atoms with Crippen LogP contribution in [0.3, 0.4) is 0 Å². The molecule has 0 aromatic rings. The van der Waals surface area contributed by atoms with Crippen LogP contribution in [-0.2, 0) is 14.3 Å². The van der Waals surface area contributed by atoms with Crippen molar-refractivity contribution >= 4 is 5.97 Å². The summed E-state index contributed by atoms with van der Waals surface area (Å²) in [5.74, 6) is 2.62. The highest BCUT2D eigenvalue weighted by atomic mass is 16.7. The number of aliphatic hydroxyl groups excluding tert-OH is 3. The second-order valence-corrected chi connectivity index (χ2v) is 11.3. The van der Waals surface area contributed by atoms with Gasteiger partial charge in [-0.15, -0.1) is 0 Å². The van der Waals surface area contributed by atoms with Gasteiger partial charge in [0, 0.05) is 0 Å². The minimum absolute atomic E-state index is 0.116. The van der Waals surface area contributed by atoms with Crippen molar-refractivity contribution in [1.29, 1.82) is 0 Å². The van der Waals surface area contributed by atoms with E-state index in [9.17, 15) is 25.2 Å². The molecule has 4 N–H and O–H groups in total. The minimum atomic E-state index is -1.68. The molecule has 0 bridgehead atoms. The number of carboxylic acids is 1. The zero-order valence-corrected chi connectivity index (χ0v) is 18.4. The van der Waals surface area contributed by atoms with E-state index in [-0.39, 0.29) is 6.10 Å². The summed E-state index contributed by atoms with van der Waals surface area (Å²) in [6, 6.07) is 0. The molecule has 5 rings (SSSR count). The average Bonchev–Trinajstić information content (AvgIpc) is 3.15. The Balaban J connectivity index is 1.22. The van der Waals surface area contributed by atoms with Crippen molar-refractivity contribution < 1.29 is 34.7 Å². The first-order valence-corrected chi connectivity index (χ1v) is 12.4. The van der Waals surface area contributed by atoms with Gasteiger partial charge < -0.3 is 29.9 Å². The molecule has 1 aliphatic heterocycles. The van der Waals surface area contributed by atoms with E-state index < -0.39 is 36.7 Å². The van der Waals surface area contributed by atoms with E-state index in [2.05, 4.69) is 6.92 Å². The van der Waals surface area contributed by atoms with Crippen LogP contribution in [0.15, 0.2) is 0 Å². The number of aliphatic carboxylic acids is 1. The molecule has 1 saturated heterocycles. The van der Waals surface area contributed by atoms with Crippen molar-refractivity contribution in [3.8, 4) is 0 Å². The van der Waals surface area contributed by atoms with Crippen LogP contribution in [0.4, 0.5) is 0 Å². The van der Waals surface area contributed by atoms with E-state index >= 15 is 0 Å². The quantitative estimate of drug-likeness (QED) is 0.500. The van der Waals surface area contributed by atoms with Crippen LogP contribution in [0.5, 0.6) is 0 Å². The van der Waals surface area contributed by atoms with E-state index in [1.54, 1.807) is 0 Å². The van der Waals surface area contributed by atoms with Gasteiger partial charge >= 0.3 is 5.97 Å². The predicted octanol–water partition coefficient (Wildman–Crippen LogP) is 2.31. The Hall–Kier alpha value is -0.730. The largest absolute Gasteiger partial charge is 0.479 e. The highest BCUT2D eigenvalue weighted by Crippen LogP contribution is 2.62. The van der Waals surface area contributed by atoms with Crippen LogP contribution < -0.4 is 0 Å². The van der Waals surface area contributed by atoms with Crippen molar-refractivity contribution in [2.45, 2.75) is 108 Å². The lowest BCUT2D eigenvalue weighted by Crippen LogP contribution is -2.61. The molecule has 7 nitrogen and oxygen atoms in total. The maximum atomic E-state index is 11.3. The Morgan fingerprint density at radius 2 is 1.68 bits per heavy atom. The maximum Gasteiger partial charge on any atom is 0.335 e. The highest BCUT2D eigenvalue weighted by molar-refractivity contribution is 5.73. The zero-order valence-electron chi connectivity index (χ0n) is 18.4. The summed E-state index contributed by atoms with van der Waals surface area (Å²) in [4.78, 5) is 11.3. The van der Waals surface area contributed by atoms with E-state index in [1.165, 1.54) is 44.9 Å². The van der Waals surface area contributed by atoms with Crippen molar-refractivity contribution in [3.63, 3.8) is 0 Å².